The normalized spacial score (nSPS) is 17.2. The Morgan fingerprint density at radius 2 is 1.29 bits per heavy atom. The average molecular weight is 369 g/mol. The van der Waals surface area contributed by atoms with E-state index in [1.54, 1.807) is 0 Å². The van der Waals surface area contributed by atoms with Crippen LogP contribution in [0.2, 0.25) is 0 Å². The van der Waals surface area contributed by atoms with E-state index in [4.69, 9.17) is 0 Å². The van der Waals surface area contributed by atoms with Crippen molar-refractivity contribution >= 4 is 11.4 Å². The van der Waals surface area contributed by atoms with Crippen LogP contribution in [0.3, 0.4) is 0 Å². The van der Waals surface area contributed by atoms with Crippen LogP contribution in [0.15, 0.2) is 90.1 Å². The lowest BCUT2D eigenvalue weighted by Crippen LogP contribution is -2.46. The molecule has 2 nitrogen and oxygen atoms in total. The Hall–Kier alpha value is -3.00. The van der Waals surface area contributed by atoms with Crippen LogP contribution < -0.4 is 9.80 Å². The minimum Gasteiger partial charge on any atom is -0.343 e. The molecule has 2 heteroatoms. The summed E-state index contributed by atoms with van der Waals surface area (Å²) in [5, 5.41) is 0. The molecule has 0 spiro atoms. The predicted octanol–water partition coefficient (Wildman–Crippen LogP) is 6.62. The molecule has 1 atom stereocenters. The summed E-state index contributed by atoms with van der Waals surface area (Å²) in [6, 6.07) is 28.5. The van der Waals surface area contributed by atoms with Crippen LogP contribution in [0.5, 0.6) is 0 Å². The summed E-state index contributed by atoms with van der Waals surface area (Å²) < 4.78 is 0. The topological polar surface area (TPSA) is 6.48 Å². The van der Waals surface area contributed by atoms with Gasteiger partial charge in [0.1, 0.15) is 6.17 Å². The van der Waals surface area contributed by atoms with E-state index >= 15 is 0 Å². The average Bonchev–Trinajstić information content (AvgIpc) is 2.70. The molecule has 0 radical (unpaired) electrons. The number of nitrogens with zero attached hydrogens (tertiary/aromatic N) is 2. The highest BCUT2D eigenvalue weighted by atomic mass is 15.4. The summed E-state index contributed by atoms with van der Waals surface area (Å²) in [5.74, 6) is 0. The monoisotopic (exact) mass is 368 g/mol. The Bertz CT molecular complexity index is 1000. The zero-order valence-electron chi connectivity index (χ0n) is 17.2. The van der Waals surface area contributed by atoms with Crippen molar-refractivity contribution in [1.82, 2.24) is 0 Å². The number of anilines is 2. The van der Waals surface area contributed by atoms with Gasteiger partial charge in [0.15, 0.2) is 0 Å². The molecule has 0 aliphatic carbocycles. The maximum Gasteiger partial charge on any atom is 0.132 e. The standard InChI is InChI=1S/C26H28N2/c1-19-10-8-14-24(16-19)27-18-21(3)22(4)28(25-15-9-11-20(2)17-25)26(27)23-12-6-5-7-13-23/h5-17,26H,18H2,1-4H3. The van der Waals surface area contributed by atoms with Crippen molar-refractivity contribution in [3.63, 3.8) is 0 Å². The summed E-state index contributed by atoms with van der Waals surface area (Å²) in [6.07, 6.45) is 0.119. The minimum atomic E-state index is 0.119. The summed E-state index contributed by atoms with van der Waals surface area (Å²) in [7, 11) is 0. The Morgan fingerprint density at radius 3 is 1.93 bits per heavy atom. The van der Waals surface area contributed by atoms with Crippen LogP contribution in [-0.4, -0.2) is 6.54 Å². The van der Waals surface area contributed by atoms with Crippen LogP contribution >= 0.6 is 0 Å². The van der Waals surface area contributed by atoms with Crippen molar-refractivity contribution in [2.75, 3.05) is 16.3 Å². The highest BCUT2D eigenvalue weighted by Gasteiger charge is 2.33. The van der Waals surface area contributed by atoms with Gasteiger partial charge in [-0.25, -0.2) is 0 Å². The first-order valence-electron chi connectivity index (χ1n) is 9.95. The second kappa shape index (κ2) is 7.55. The van der Waals surface area contributed by atoms with Crippen LogP contribution in [0, 0.1) is 13.8 Å². The Kier molecular flexibility index (Phi) is 4.95. The van der Waals surface area contributed by atoms with Crippen molar-refractivity contribution in [1.29, 1.82) is 0 Å². The number of hydrogen-bond donors (Lipinski definition) is 0. The van der Waals surface area contributed by atoms with Gasteiger partial charge in [-0.15, -0.1) is 0 Å². The highest BCUT2D eigenvalue weighted by molar-refractivity contribution is 5.64. The van der Waals surface area contributed by atoms with Crippen molar-refractivity contribution < 1.29 is 0 Å². The summed E-state index contributed by atoms with van der Waals surface area (Å²) in [5.41, 5.74) is 9.11. The van der Waals surface area contributed by atoms with Gasteiger partial charge >= 0.3 is 0 Å². The highest BCUT2D eigenvalue weighted by Crippen LogP contribution is 2.41. The molecule has 0 bridgehead atoms. The van der Waals surface area contributed by atoms with Gasteiger partial charge in [0.2, 0.25) is 0 Å². The lowest BCUT2D eigenvalue weighted by molar-refractivity contribution is 0.594. The second-order valence-electron chi connectivity index (χ2n) is 7.83. The molecule has 0 N–H and O–H groups in total. The molecule has 3 aromatic rings. The fraction of sp³-hybridized carbons (Fsp3) is 0.231. The van der Waals surface area contributed by atoms with Crippen LogP contribution in [0.1, 0.15) is 36.7 Å². The van der Waals surface area contributed by atoms with Crippen LogP contribution in [0.4, 0.5) is 11.4 Å². The molecule has 1 unspecified atom stereocenters. The first-order valence-corrected chi connectivity index (χ1v) is 9.95. The van der Waals surface area contributed by atoms with E-state index < -0.39 is 0 Å². The number of rotatable bonds is 3. The largest absolute Gasteiger partial charge is 0.343 e. The van der Waals surface area contributed by atoms with E-state index in [9.17, 15) is 0 Å². The minimum absolute atomic E-state index is 0.119. The zero-order valence-corrected chi connectivity index (χ0v) is 17.2. The molecule has 0 amide bonds. The maximum atomic E-state index is 2.52. The van der Waals surface area contributed by atoms with Crippen LogP contribution in [0.25, 0.3) is 0 Å². The smallest absolute Gasteiger partial charge is 0.132 e. The summed E-state index contributed by atoms with van der Waals surface area (Å²) >= 11 is 0. The van der Waals surface area contributed by atoms with Gasteiger partial charge in [-0.05, 0) is 74.2 Å². The first kappa shape index (κ1) is 18.4. The maximum absolute atomic E-state index is 2.52. The van der Waals surface area contributed by atoms with E-state index in [2.05, 4.69) is 116 Å². The van der Waals surface area contributed by atoms with Crippen molar-refractivity contribution in [2.24, 2.45) is 0 Å². The van der Waals surface area contributed by atoms with Gasteiger partial charge in [-0.3, -0.25) is 0 Å². The fourth-order valence-corrected chi connectivity index (χ4v) is 4.09. The SMILES string of the molecule is CC1=C(C)N(c2cccc(C)c2)C(c2ccccc2)N(c2cccc(C)c2)C1. The molecule has 0 aromatic heterocycles. The molecule has 0 fully saturated rings. The lowest BCUT2D eigenvalue weighted by Gasteiger charge is -2.47. The third-order valence-corrected chi connectivity index (χ3v) is 5.64. The van der Waals surface area contributed by atoms with Gasteiger partial charge in [0.05, 0.1) is 0 Å². The third-order valence-electron chi connectivity index (χ3n) is 5.64. The molecule has 0 saturated carbocycles. The first-order chi connectivity index (χ1) is 13.5. The number of aryl methyl sites for hydroxylation is 2. The fourth-order valence-electron chi connectivity index (χ4n) is 4.09. The third kappa shape index (κ3) is 3.43. The van der Waals surface area contributed by atoms with Gasteiger partial charge in [0, 0.05) is 23.6 Å². The molecule has 3 aromatic carbocycles. The van der Waals surface area contributed by atoms with Gasteiger partial charge in [-0.1, -0.05) is 54.6 Å². The molecular weight excluding hydrogens is 340 g/mol. The van der Waals surface area contributed by atoms with E-state index in [1.165, 1.54) is 39.3 Å². The zero-order chi connectivity index (χ0) is 19.7. The molecule has 4 rings (SSSR count). The number of benzene rings is 3. The molecule has 1 heterocycles. The van der Waals surface area contributed by atoms with Crippen molar-refractivity contribution in [2.45, 2.75) is 33.9 Å². The predicted molar refractivity (Wildman–Crippen MR) is 120 cm³/mol. The van der Waals surface area contributed by atoms with Gasteiger partial charge < -0.3 is 9.80 Å². The summed E-state index contributed by atoms with van der Waals surface area (Å²) in [6.45, 7) is 9.76. The Balaban J connectivity index is 1.92. The molecule has 1 aliphatic rings. The number of hydrogen-bond acceptors (Lipinski definition) is 2. The van der Waals surface area contributed by atoms with E-state index in [0.29, 0.717) is 0 Å². The Morgan fingerprint density at radius 1 is 0.679 bits per heavy atom. The quantitative estimate of drug-likeness (QED) is 0.512. The molecular formula is C26H28N2. The van der Waals surface area contributed by atoms with E-state index in [-0.39, 0.29) is 6.17 Å². The van der Waals surface area contributed by atoms with Gasteiger partial charge in [-0.2, -0.15) is 0 Å². The molecule has 0 saturated heterocycles. The van der Waals surface area contributed by atoms with Crippen LogP contribution in [-0.2, 0) is 0 Å². The second-order valence-corrected chi connectivity index (χ2v) is 7.83. The van der Waals surface area contributed by atoms with Crippen molar-refractivity contribution in [3.8, 4) is 0 Å². The van der Waals surface area contributed by atoms with E-state index in [1.807, 2.05) is 0 Å². The molecule has 1 aliphatic heterocycles. The molecule has 28 heavy (non-hydrogen) atoms. The van der Waals surface area contributed by atoms with Gasteiger partial charge in [0.25, 0.3) is 0 Å². The number of allylic oxidation sites excluding steroid dienone is 1. The Labute approximate surface area is 168 Å². The lowest BCUT2D eigenvalue weighted by atomic mass is 10.0. The van der Waals surface area contributed by atoms with Crippen molar-refractivity contribution in [3.05, 3.63) is 107 Å². The molecule has 142 valence electrons. The van der Waals surface area contributed by atoms with E-state index in [0.717, 1.165) is 6.54 Å². The summed E-state index contributed by atoms with van der Waals surface area (Å²) in [4.78, 5) is 5.01.